The lowest BCUT2D eigenvalue weighted by molar-refractivity contribution is 0.474. The number of aromatic nitrogens is 2. The zero-order valence-electron chi connectivity index (χ0n) is 14.1. The summed E-state index contributed by atoms with van der Waals surface area (Å²) in [6, 6.07) is 8.47. The smallest absolute Gasteiger partial charge is 0.194 e. The fourth-order valence-corrected chi connectivity index (χ4v) is 2.28. The molecule has 0 aliphatic heterocycles. The Morgan fingerprint density at radius 2 is 2.13 bits per heavy atom. The zero-order chi connectivity index (χ0) is 15.8. The molecule has 0 fully saturated rings. The maximum Gasteiger partial charge on any atom is 0.194 e. The van der Waals surface area contributed by atoms with Crippen LogP contribution in [0.3, 0.4) is 0 Å². The molecular formula is C17H26IN5. The summed E-state index contributed by atoms with van der Waals surface area (Å²) in [6.07, 6.45) is 5.57. The van der Waals surface area contributed by atoms with Crippen LogP contribution in [-0.2, 0) is 13.1 Å². The number of halogens is 1. The van der Waals surface area contributed by atoms with Crippen LogP contribution < -0.4 is 5.32 Å². The van der Waals surface area contributed by atoms with Gasteiger partial charge in [0.05, 0.1) is 12.9 Å². The quantitative estimate of drug-likeness (QED) is 0.438. The van der Waals surface area contributed by atoms with E-state index in [4.69, 9.17) is 4.99 Å². The van der Waals surface area contributed by atoms with E-state index in [2.05, 4.69) is 60.4 Å². The van der Waals surface area contributed by atoms with Crippen molar-refractivity contribution in [3.8, 4) is 0 Å². The Balaban J connectivity index is 0.00000264. The van der Waals surface area contributed by atoms with Crippen LogP contribution in [0.4, 0.5) is 0 Å². The molecule has 0 aliphatic carbocycles. The molecule has 6 heteroatoms. The number of aliphatic imine (C=N–C) groups is 1. The van der Waals surface area contributed by atoms with Gasteiger partial charge in [-0.05, 0) is 25.0 Å². The van der Waals surface area contributed by atoms with Gasteiger partial charge in [-0.1, -0.05) is 24.3 Å². The Kier molecular flexibility index (Phi) is 8.68. The molecule has 0 atom stereocenters. The van der Waals surface area contributed by atoms with Crippen molar-refractivity contribution in [1.82, 2.24) is 19.8 Å². The normalized spacial score (nSPS) is 11.0. The highest BCUT2D eigenvalue weighted by Crippen LogP contribution is 2.09. The third-order valence-corrected chi connectivity index (χ3v) is 3.54. The van der Waals surface area contributed by atoms with Crippen molar-refractivity contribution in [3.63, 3.8) is 0 Å². The number of hydrogen-bond donors (Lipinski definition) is 1. The Hall–Kier alpha value is -1.57. The van der Waals surface area contributed by atoms with E-state index >= 15 is 0 Å². The first-order valence-corrected chi connectivity index (χ1v) is 7.70. The molecule has 2 rings (SSSR count). The van der Waals surface area contributed by atoms with Gasteiger partial charge >= 0.3 is 0 Å². The third kappa shape index (κ3) is 6.21. The van der Waals surface area contributed by atoms with Gasteiger partial charge in [-0.25, -0.2) is 4.98 Å². The molecule has 2 aromatic rings. The predicted molar refractivity (Wildman–Crippen MR) is 106 cm³/mol. The number of imidazole rings is 1. The summed E-state index contributed by atoms with van der Waals surface area (Å²) in [5, 5.41) is 3.35. The van der Waals surface area contributed by atoms with Gasteiger partial charge in [-0.2, -0.15) is 0 Å². The summed E-state index contributed by atoms with van der Waals surface area (Å²) < 4.78 is 2.04. The van der Waals surface area contributed by atoms with Gasteiger partial charge in [0.15, 0.2) is 5.96 Å². The van der Waals surface area contributed by atoms with E-state index in [1.54, 1.807) is 6.20 Å². The Morgan fingerprint density at radius 1 is 1.35 bits per heavy atom. The van der Waals surface area contributed by atoms with Crippen LogP contribution in [0, 0.1) is 6.92 Å². The largest absolute Gasteiger partial charge is 0.357 e. The number of aryl methyl sites for hydroxylation is 1. The molecule has 126 valence electrons. The second-order valence-corrected chi connectivity index (χ2v) is 5.32. The molecule has 0 spiro atoms. The molecule has 1 heterocycles. The summed E-state index contributed by atoms with van der Waals surface area (Å²) in [5.41, 5.74) is 2.63. The molecule has 1 aromatic carbocycles. The average molecular weight is 427 g/mol. The van der Waals surface area contributed by atoms with Gasteiger partial charge in [0, 0.05) is 39.1 Å². The second-order valence-electron chi connectivity index (χ2n) is 5.32. The van der Waals surface area contributed by atoms with Crippen molar-refractivity contribution >= 4 is 29.9 Å². The monoisotopic (exact) mass is 427 g/mol. The minimum Gasteiger partial charge on any atom is -0.357 e. The number of nitrogens with one attached hydrogen (secondary N) is 1. The Bertz CT molecular complexity index is 595. The third-order valence-electron chi connectivity index (χ3n) is 3.54. The van der Waals surface area contributed by atoms with Crippen molar-refractivity contribution < 1.29 is 0 Å². The molecule has 0 unspecified atom stereocenters. The highest BCUT2D eigenvalue weighted by Gasteiger charge is 2.07. The first kappa shape index (κ1) is 19.5. The van der Waals surface area contributed by atoms with Crippen LogP contribution in [0.25, 0.3) is 0 Å². The standard InChI is InChI=1S/C17H25N5.HI/c1-4-19-17(20-10-12-22-11-9-18-14-22)21(3)13-16-8-6-5-7-15(16)2;/h5-9,11,14H,4,10,12-13H2,1-3H3,(H,19,20);1H. The number of hydrogen-bond acceptors (Lipinski definition) is 2. The summed E-state index contributed by atoms with van der Waals surface area (Å²) in [5.74, 6) is 0.936. The molecule has 0 radical (unpaired) electrons. The highest BCUT2D eigenvalue weighted by molar-refractivity contribution is 14.0. The minimum absolute atomic E-state index is 0. The topological polar surface area (TPSA) is 45.5 Å². The second kappa shape index (κ2) is 10.3. The van der Waals surface area contributed by atoms with E-state index in [1.807, 2.05) is 17.1 Å². The Morgan fingerprint density at radius 3 is 2.78 bits per heavy atom. The van der Waals surface area contributed by atoms with Gasteiger partial charge in [0.25, 0.3) is 0 Å². The predicted octanol–water partition coefficient (Wildman–Crippen LogP) is 2.91. The highest BCUT2D eigenvalue weighted by atomic mass is 127. The minimum atomic E-state index is 0. The van der Waals surface area contributed by atoms with Crippen LogP contribution in [-0.4, -0.2) is 40.5 Å². The number of nitrogens with zero attached hydrogens (tertiary/aromatic N) is 4. The SMILES string of the molecule is CCNC(=NCCn1ccnc1)N(C)Cc1ccccc1C.I. The number of benzene rings is 1. The molecule has 1 N–H and O–H groups in total. The lowest BCUT2D eigenvalue weighted by atomic mass is 10.1. The van der Waals surface area contributed by atoms with Crippen LogP contribution >= 0.6 is 24.0 Å². The van der Waals surface area contributed by atoms with Crippen LogP contribution in [0.15, 0.2) is 48.0 Å². The molecular weight excluding hydrogens is 401 g/mol. The maximum atomic E-state index is 4.70. The van der Waals surface area contributed by atoms with Gasteiger partial charge in [-0.3, -0.25) is 4.99 Å². The molecule has 0 amide bonds. The summed E-state index contributed by atoms with van der Waals surface area (Å²) in [6.45, 7) is 7.52. The van der Waals surface area contributed by atoms with Gasteiger partial charge in [0.2, 0.25) is 0 Å². The summed E-state index contributed by atoms with van der Waals surface area (Å²) in [7, 11) is 2.07. The Labute approximate surface area is 155 Å². The average Bonchev–Trinajstić information content (AvgIpc) is 3.02. The van der Waals surface area contributed by atoms with Gasteiger partial charge < -0.3 is 14.8 Å². The fourth-order valence-electron chi connectivity index (χ4n) is 2.28. The first-order valence-electron chi connectivity index (χ1n) is 7.70. The molecule has 5 nitrogen and oxygen atoms in total. The van der Waals surface area contributed by atoms with E-state index in [0.29, 0.717) is 0 Å². The summed E-state index contributed by atoms with van der Waals surface area (Å²) >= 11 is 0. The molecule has 23 heavy (non-hydrogen) atoms. The fraction of sp³-hybridized carbons (Fsp3) is 0.412. The van der Waals surface area contributed by atoms with E-state index in [0.717, 1.165) is 32.1 Å². The lowest BCUT2D eigenvalue weighted by Crippen LogP contribution is -2.38. The molecule has 0 aliphatic rings. The van der Waals surface area contributed by atoms with Crippen LogP contribution in [0.1, 0.15) is 18.1 Å². The van der Waals surface area contributed by atoms with E-state index < -0.39 is 0 Å². The molecule has 0 saturated carbocycles. The first-order chi connectivity index (χ1) is 10.7. The van der Waals surface area contributed by atoms with Crippen LogP contribution in [0.2, 0.25) is 0 Å². The molecule has 1 aromatic heterocycles. The van der Waals surface area contributed by atoms with Gasteiger partial charge in [-0.15, -0.1) is 24.0 Å². The van der Waals surface area contributed by atoms with E-state index in [9.17, 15) is 0 Å². The van der Waals surface area contributed by atoms with E-state index in [-0.39, 0.29) is 24.0 Å². The van der Waals surface area contributed by atoms with Crippen molar-refractivity contribution in [3.05, 3.63) is 54.1 Å². The molecule has 0 bridgehead atoms. The van der Waals surface area contributed by atoms with Crippen molar-refractivity contribution in [2.24, 2.45) is 4.99 Å². The zero-order valence-corrected chi connectivity index (χ0v) is 16.4. The number of rotatable bonds is 6. The maximum absolute atomic E-state index is 4.70. The lowest BCUT2D eigenvalue weighted by Gasteiger charge is -2.23. The van der Waals surface area contributed by atoms with Crippen LogP contribution in [0.5, 0.6) is 0 Å². The number of guanidine groups is 1. The summed E-state index contributed by atoms with van der Waals surface area (Å²) in [4.78, 5) is 10.9. The van der Waals surface area contributed by atoms with Gasteiger partial charge in [0.1, 0.15) is 0 Å². The van der Waals surface area contributed by atoms with E-state index in [1.165, 1.54) is 11.1 Å². The van der Waals surface area contributed by atoms with Crippen molar-refractivity contribution in [2.75, 3.05) is 20.1 Å². The van der Waals surface area contributed by atoms with Crippen molar-refractivity contribution in [1.29, 1.82) is 0 Å². The van der Waals surface area contributed by atoms with Crippen molar-refractivity contribution in [2.45, 2.75) is 26.9 Å². The molecule has 0 saturated heterocycles.